The van der Waals surface area contributed by atoms with Gasteiger partial charge in [0.15, 0.2) is 0 Å². The van der Waals surface area contributed by atoms with Crippen LogP contribution in [0.1, 0.15) is 17.5 Å². The monoisotopic (exact) mass is 947 g/mol. The zero-order valence-corrected chi connectivity index (χ0v) is 40.7. The van der Waals surface area contributed by atoms with Crippen LogP contribution in [-0.4, -0.2) is 4.57 Å². The molecule has 0 radical (unpaired) electrons. The molecular formula is C70H49N3O. The smallest absolute Gasteiger partial charge is 0.143 e. The molecule has 2 aliphatic rings. The van der Waals surface area contributed by atoms with E-state index in [0.29, 0.717) is 0 Å². The number of furan rings is 1. The fraction of sp³-hybridized carbons (Fsp3) is 0.0286. The van der Waals surface area contributed by atoms with Gasteiger partial charge in [0.25, 0.3) is 0 Å². The van der Waals surface area contributed by atoms with Gasteiger partial charge in [-0.1, -0.05) is 164 Å². The lowest BCUT2D eigenvalue weighted by Gasteiger charge is -2.31. The van der Waals surface area contributed by atoms with Crippen LogP contribution in [0.15, 0.2) is 283 Å². The number of hydrogen-bond donors (Lipinski definition) is 0. The molecule has 0 saturated heterocycles. The number of benzene rings is 10. The van der Waals surface area contributed by atoms with Crippen molar-refractivity contribution in [2.45, 2.75) is 12.8 Å². The Labute approximate surface area is 430 Å². The first-order chi connectivity index (χ1) is 36.6. The van der Waals surface area contributed by atoms with E-state index in [1.54, 1.807) is 0 Å². The summed E-state index contributed by atoms with van der Waals surface area (Å²) >= 11 is 0. The molecule has 350 valence electrons. The molecule has 10 aromatic carbocycles. The molecule has 0 saturated carbocycles. The third kappa shape index (κ3) is 7.38. The third-order valence-corrected chi connectivity index (χ3v) is 14.9. The predicted octanol–water partition coefficient (Wildman–Crippen LogP) is 19.4. The van der Waals surface area contributed by atoms with Gasteiger partial charge in [0.1, 0.15) is 11.2 Å². The summed E-state index contributed by atoms with van der Waals surface area (Å²) in [5.41, 5.74) is 19.7. The molecule has 14 rings (SSSR count). The first-order valence-electron chi connectivity index (χ1n) is 25.5. The van der Waals surface area contributed by atoms with Gasteiger partial charge in [-0.2, -0.15) is 0 Å². The lowest BCUT2D eigenvalue weighted by atomic mass is 9.96. The van der Waals surface area contributed by atoms with E-state index in [9.17, 15) is 0 Å². The standard InChI is InChI=1S/C70H49N3O/c1-47-20-8-3-2-4-9-22-51-40-50-32-35-56(45-64(50)69(47)51)71(53-23-10-5-11-24-53)58-41-52(49-34-39-68-65(43-49)63-37-33-48-21-16-17-29-60(48)70(63)74-68)42-59(44-58)72(54-25-12-6-13-26-54)57-36-38-62-61-30-18-19-31-66(61)73(67(62)46-57)55-27-14-7-15-28-55/h2-3,5-39,41-46H,1,4,40H2/b3-2-,20-8-,22-9-. The van der Waals surface area contributed by atoms with Crippen LogP contribution in [0.3, 0.4) is 0 Å². The molecule has 0 amide bonds. The normalized spacial score (nSPS) is 14.7. The van der Waals surface area contributed by atoms with E-state index < -0.39 is 0 Å². The van der Waals surface area contributed by atoms with Gasteiger partial charge in [0.2, 0.25) is 0 Å². The zero-order chi connectivity index (χ0) is 49.1. The summed E-state index contributed by atoms with van der Waals surface area (Å²) in [5.74, 6) is 0. The summed E-state index contributed by atoms with van der Waals surface area (Å²) in [5, 5.41) is 6.89. The highest BCUT2D eigenvalue weighted by Crippen LogP contribution is 2.48. The average molecular weight is 948 g/mol. The van der Waals surface area contributed by atoms with Crippen LogP contribution in [-0.2, 0) is 6.42 Å². The van der Waals surface area contributed by atoms with Gasteiger partial charge < -0.3 is 18.8 Å². The van der Waals surface area contributed by atoms with Gasteiger partial charge in [-0.15, -0.1) is 0 Å². The number of fused-ring (bicyclic) bond motifs is 10. The number of rotatable bonds is 8. The molecule has 2 aliphatic carbocycles. The van der Waals surface area contributed by atoms with Crippen LogP contribution in [0.2, 0.25) is 0 Å². The molecule has 2 heterocycles. The van der Waals surface area contributed by atoms with Crippen molar-refractivity contribution in [2.75, 3.05) is 9.80 Å². The van der Waals surface area contributed by atoms with E-state index in [-0.39, 0.29) is 0 Å². The highest BCUT2D eigenvalue weighted by atomic mass is 16.3. The lowest BCUT2D eigenvalue weighted by molar-refractivity contribution is 0.672. The van der Waals surface area contributed by atoms with Crippen LogP contribution in [0.5, 0.6) is 0 Å². The Morgan fingerprint density at radius 1 is 0.432 bits per heavy atom. The Morgan fingerprint density at radius 2 is 1.09 bits per heavy atom. The number of anilines is 6. The van der Waals surface area contributed by atoms with Gasteiger partial charge in [0, 0.05) is 66.7 Å². The van der Waals surface area contributed by atoms with Gasteiger partial charge in [0.05, 0.1) is 11.0 Å². The maximum Gasteiger partial charge on any atom is 0.143 e. The number of hydrogen-bond acceptors (Lipinski definition) is 3. The summed E-state index contributed by atoms with van der Waals surface area (Å²) in [6.07, 6.45) is 14.9. The van der Waals surface area contributed by atoms with Crippen molar-refractivity contribution < 1.29 is 4.42 Å². The molecule has 74 heavy (non-hydrogen) atoms. The van der Waals surface area contributed by atoms with Crippen LogP contribution in [0.4, 0.5) is 34.1 Å². The number of aromatic nitrogens is 1. The number of nitrogens with zero attached hydrogens (tertiary/aromatic N) is 3. The Kier molecular flexibility index (Phi) is 10.4. The minimum atomic E-state index is 0.865. The second-order valence-corrected chi connectivity index (χ2v) is 19.3. The summed E-state index contributed by atoms with van der Waals surface area (Å²) in [6, 6.07) is 81.5. The largest absolute Gasteiger partial charge is 0.455 e. The highest BCUT2D eigenvalue weighted by molar-refractivity contribution is 6.16. The third-order valence-electron chi connectivity index (χ3n) is 14.9. The first kappa shape index (κ1) is 43.2. The molecule has 0 aliphatic heterocycles. The van der Waals surface area contributed by atoms with Crippen molar-refractivity contribution in [1.29, 1.82) is 0 Å². The molecule has 4 nitrogen and oxygen atoms in total. The Morgan fingerprint density at radius 3 is 1.88 bits per heavy atom. The van der Waals surface area contributed by atoms with Crippen LogP contribution in [0, 0.1) is 0 Å². The lowest BCUT2D eigenvalue weighted by Crippen LogP contribution is -2.14. The van der Waals surface area contributed by atoms with Crippen molar-refractivity contribution in [3.05, 3.63) is 290 Å². The van der Waals surface area contributed by atoms with Crippen LogP contribution < -0.4 is 9.80 Å². The zero-order valence-electron chi connectivity index (χ0n) is 40.7. The van der Waals surface area contributed by atoms with Gasteiger partial charge in [-0.25, -0.2) is 0 Å². The maximum atomic E-state index is 6.68. The summed E-state index contributed by atoms with van der Waals surface area (Å²) in [6.45, 7) is 4.62. The van der Waals surface area contributed by atoms with Crippen molar-refractivity contribution in [1.82, 2.24) is 4.57 Å². The molecule has 0 spiro atoms. The quantitative estimate of drug-likeness (QED) is 0.152. The van der Waals surface area contributed by atoms with Crippen molar-refractivity contribution in [2.24, 2.45) is 0 Å². The molecule has 4 heteroatoms. The molecule has 0 unspecified atom stereocenters. The Bertz CT molecular complexity index is 4320. The maximum absolute atomic E-state index is 6.68. The van der Waals surface area contributed by atoms with E-state index in [4.69, 9.17) is 4.42 Å². The van der Waals surface area contributed by atoms with Gasteiger partial charge >= 0.3 is 0 Å². The van der Waals surface area contributed by atoms with Crippen molar-refractivity contribution in [3.8, 4) is 16.8 Å². The van der Waals surface area contributed by atoms with Gasteiger partial charge in [-0.3, -0.25) is 0 Å². The summed E-state index contributed by atoms with van der Waals surface area (Å²) < 4.78 is 9.08. The molecule has 0 fully saturated rings. The van der Waals surface area contributed by atoms with Crippen LogP contribution in [0.25, 0.3) is 76.9 Å². The topological polar surface area (TPSA) is 24.6 Å². The average Bonchev–Trinajstić information content (AvgIpc) is 4.14. The molecule has 2 aromatic heterocycles. The van der Waals surface area contributed by atoms with E-state index in [0.717, 1.165) is 108 Å². The number of allylic oxidation sites excluding steroid dienone is 9. The molecular weight excluding hydrogens is 899 g/mol. The van der Waals surface area contributed by atoms with E-state index in [1.165, 1.54) is 38.6 Å². The van der Waals surface area contributed by atoms with Gasteiger partial charge in [-0.05, 0) is 160 Å². The Hall–Kier alpha value is -9.64. The van der Waals surface area contributed by atoms with E-state index in [2.05, 4.69) is 282 Å². The highest BCUT2D eigenvalue weighted by Gasteiger charge is 2.26. The predicted molar refractivity (Wildman–Crippen MR) is 312 cm³/mol. The minimum Gasteiger partial charge on any atom is -0.455 e. The summed E-state index contributed by atoms with van der Waals surface area (Å²) in [7, 11) is 0. The van der Waals surface area contributed by atoms with E-state index >= 15 is 0 Å². The van der Waals surface area contributed by atoms with Crippen molar-refractivity contribution >= 4 is 94.2 Å². The second-order valence-electron chi connectivity index (χ2n) is 19.3. The molecule has 12 aromatic rings. The number of para-hydroxylation sites is 4. The van der Waals surface area contributed by atoms with E-state index in [1.807, 2.05) is 0 Å². The fourth-order valence-corrected chi connectivity index (χ4v) is 11.5. The Balaban J connectivity index is 1.02. The van der Waals surface area contributed by atoms with Crippen LogP contribution >= 0.6 is 0 Å². The SMILES string of the molecule is C=C1/C=C\C=C/C/C=C\C2=C1c1cc(N(c3ccccc3)c3cc(-c4ccc5oc6c7ccccc7ccc6c5c4)cc(N(c4ccccc4)c4ccc5c6ccccc6n(-c6ccccc6)c5c4)c3)ccc1C2. The van der Waals surface area contributed by atoms with Crippen molar-refractivity contribution in [3.63, 3.8) is 0 Å². The molecule has 0 atom stereocenters. The first-order valence-corrected chi connectivity index (χ1v) is 25.5. The summed E-state index contributed by atoms with van der Waals surface area (Å²) in [4.78, 5) is 4.83. The minimum absolute atomic E-state index is 0.865. The second kappa shape index (κ2) is 17.9. The molecule has 0 N–H and O–H groups in total. The molecule has 0 bridgehead atoms. The fourth-order valence-electron chi connectivity index (χ4n) is 11.5.